The Kier molecular flexibility index (Phi) is 2.78. The molecule has 0 aromatic heterocycles. The van der Waals surface area contributed by atoms with Gasteiger partial charge < -0.3 is 9.90 Å². The zero-order chi connectivity index (χ0) is 9.90. The third-order valence-corrected chi connectivity index (χ3v) is 1.95. The van der Waals surface area contributed by atoms with Crippen molar-refractivity contribution in [3.8, 4) is 0 Å². The van der Waals surface area contributed by atoms with Crippen LogP contribution in [0, 0.1) is 5.82 Å². The lowest BCUT2D eigenvalue weighted by atomic mass is 9.93. The first-order valence-corrected chi connectivity index (χ1v) is 3.98. The Hall–Kier alpha value is -1.22. The second kappa shape index (κ2) is 3.66. The van der Waals surface area contributed by atoms with E-state index in [0.717, 1.165) is 0 Å². The molecule has 0 radical (unpaired) electrons. The van der Waals surface area contributed by atoms with E-state index in [1.54, 1.807) is 0 Å². The molecule has 1 aromatic rings. The fraction of sp³-hybridized carbons (Fsp3) is 0.300. The van der Waals surface area contributed by atoms with Crippen molar-refractivity contribution in [2.75, 3.05) is 0 Å². The minimum atomic E-state index is -1.20. The smallest absolute Gasteiger partial charge is 0.123 e. The van der Waals surface area contributed by atoms with Gasteiger partial charge in [-0.05, 0) is 24.6 Å². The number of aliphatic hydroxyl groups is 1. The van der Waals surface area contributed by atoms with Gasteiger partial charge in [-0.25, -0.2) is 4.39 Å². The fourth-order valence-corrected chi connectivity index (χ4v) is 1.09. The molecule has 0 saturated heterocycles. The number of benzene rings is 1. The van der Waals surface area contributed by atoms with E-state index < -0.39 is 5.60 Å². The maximum absolute atomic E-state index is 12.5. The summed E-state index contributed by atoms with van der Waals surface area (Å²) in [5, 5.41) is 9.72. The topological polar surface area (TPSA) is 37.3 Å². The van der Waals surface area contributed by atoms with Gasteiger partial charge in [0.2, 0.25) is 0 Å². The van der Waals surface area contributed by atoms with Crippen LogP contribution in [-0.2, 0) is 10.4 Å². The Balaban J connectivity index is 2.93. The van der Waals surface area contributed by atoms with Crippen LogP contribution in [0.1, 0.15) is 18.9 Å². The van der Waals surface area contributed by atoms with E-state index in [1.807, 2.05) is 0 Å². The summed E-state index contributed by atoms with van der Waals surface area (Å²) >= 11 is 0. The average molecular weight is 182 g/mol. The molecule has 0 saturated carbocycles. The van der Waals surface area contributed by atoms with Crippen LogP contribution in [0.15, 0.2) is 24.3 Å². The summed E-state index contributed by atoms with van der Waals surface area (Å²) in [6.07, 6.45) is 0.655. The zero-order valence-corrected chi connectivity index (χ0v) is 7.33. The maximum Gasteiger partial charge on any atom is 0.123 e. The molecule has 2 nitrogen and oxygen atoms in total. The van der Waals surface area contributed by atoms with Gasteiger partial charge in [-0.1, -0.05) is 12.1 Å². The van der Waals surface area contributed by atoms with Crippen LogP contribution in [0.5, 0.6) is 0 Å². The van der Waals surface area contributed by atoms with Crippen molar-refractivity contribution < 1.29 is 14.3 Å². The van der Waals surface area contributed by atoms with E-state index in [-0.39, 0.29) is 12.2 Å². The normalized spacial score (nSPS) is 15.0. The number of aldehydes is 1. The molecule has 1 unspecified atom stereocenters. The molecule has 1 aromatic carbocycles. The van der Waals surface area contributed by atoms with Crippen molar-refractivity contribution in [2.24, 2.45) is 0 Å². The highest BCUT2D eigenvalue weighted by molar-refractivity contribution is 5.52. The van der Waals surface area contributed by atoms with Crippen molar-refractivity contribution in [3.63, 3.8) is 0 Å². The number of halogens is 1. The first kappa shape index (κ1) is 9.86. The molecule has 1 N–H and O–H groups in total. The average Bonchev–Trinajstić information content (AvgIpc) is 2.05. The van der Waals surface area contributed by atoms with E-state index in [2.05, 4.69) is 0 Å². The number of hydrogen-bond acceptors (Lipinski definition) is 2. The lowest BCUT2D eigenvalue weighted by molar-refractivity contribution is -0.112. The molecular formula is C10H11FO2. The Bertz CT molecular complexity index is 290. The van der Waals surface area contributed by atoms with Gasteiger partial charge in [0.15, 0.2) is 0 Å². The minimum Gasteiger partial charge on any atom is -0.385 e. The third-order valence-electron chi connectivity index (χ3n) is 1.95. The highest BCUT2D eigenvalue weighted by Gasteiger charge is 2.21. The molecule has 0 aliphatic rings. The first-order chi connectivity index (χ1) is 6.06. The summed E-state index contributed by atoms with van der Waals surface area (Å²) in [4.78, 5) is 10.2. The maximum atomic E-state index is 12.5. The molecule has 1 rings (SSSR count). The van der Waals surface area contributed by atoms with Gasteiger partial charge in [0.05, 0.1) is 5.60 Å². The summed E-state index contributed by atoms with van der Waals surface area (Å²) in [5.74, 6) is -0.356. The number of rotatable bonds is 3. The van der Waals surface area contributed by atoms with Gasteiger partial charge in [0.25, 0.3) is 0 Å². The predicted molar refractivity (Wildman–Crippen MR) is 46.7 cm³/mol. The van der Waals surface area contributed by atoms with Gasteiger partial charge >= 0.3 is 0 Å². The van der Waals surface area contributed by atoms with Crippen LogP contribution >= 0.6 is 0 Å². The molecule has 70 valence electrons. The number of hydrogen-bond donors (Lipinski definition) is 1. The van der Waals surface area contributed by atoms with E-state index in [0.29, 0.717) is 11.8 Å². The third kappa shape index (κ3) is 2.36. The largest absolute Gasteiger partial charge is 0.385 e. The van der Waals surface area contributed by atoms with Crippen molar-refractivity contribution in [1.82, 2.24) is 0 Å². The highest BCUT2D eigenvalue weighted by atomic mass is 19.1. The summed E-state index contributed by atoms with van der Waals surface area (Å²) in [5.41, 5.74) is -0.656. The summed E-state index contributed by atoms with van der Waals surface area (Å²) in [7, 11) is 0. The van der Waals surface area contributed by atoms with Gasteiger partial charge in [-0.2, -0.15) is 0 Å². The molecule has 0 spiro atoms. The van der Waals surface area contributed by atoms with Gasteiger partial charge in [-0.3, -0.25) is 0 Å². The molecule has 0 fully saturated rings. The number of carbonyl (C=O) groups is 1. The lowest BCUT2D eigenvalue weighted by Crippen LogP contribution is -2.21. The molecule has 0 aliphatic heterocycles. The van der Waals surface area contributed by atoms with E-state index in [4.69, 9.17) is 0 Å². The van der Waals surface area contributed by atoms with Crippen molar-refractivity contribution in [1.29, 1.82) is 0 Å². The molecule has 0 amide bonds. The van der Waals surface area contributed by atoms with Crippen molar-refractivity contribution >= 4 is 6.29 Å². The SMILES string of the molecule is CC(O)(CC=O)c1ccc(F)cc1. The number of carbonyl (C=O) groups excluding carboxylic acids is 1. The van der Waals surface area contributed by atoms with Crippen LogP contribution < -0.4 is 0 Å². The van der Waals surface area contributed by atoms with E-state index in [9.17, 15) is 14.3 Å². The van der Waals surface area contributed by atoms with Gasteiger partial charge in [-0.15, -0.1) is 0 Å². The van der Waals surface area contributed by atoms with Crippen LogP contribution in [0.2, 0.25) is 0 Å². The van der Waals surface area contributed by atoms with Gasteiger partial charge in [0, 0.05) is 6.42 Å². The molecular weight excluding hydrogens is 171 g/mol. The zero-order valence-electron chi connectivity index (χ0n) is 7.33. The first-order valence-electron chi connectivity index (χ1n) is 3.98. The minimum absolute atomic E-state index is 0.0125. The second-order valence-corrected chi connectivity index (χ2v) is 3.15. The van der Waals surface area contributed by atoms with Crippen molar-refractivity contribution in [2.45, 2.75) is 18.9 Å². The summed E-state index contributed by atoms with van der Waals surface area (Å²) < 4.78 is 12.5. The predicted octanol–water partition coefficient (Wildman–Crippen LogP) is 1.62. The van der Waals surface area contributed by atoms with Crippen LogP contribution in [-0.4, -0.2) is 11.4 Å². The van der Waals surface area contributed by atoms with Gasteiger partial charge in [0.1, 0.15) is 12.1 Å². The fourth-order valence-electron chi connectivity index (χ4n) is 1.09. The Labute approximate surface area is 76.0 Å². The quantitative estimate of drug-likeness (QED) is 0.721. The Morgan fingerprint density at radius 1 is 1.46 bits per heavy atom. The molecule has 0 heterocycles. The highest BCUT2D eigenvalue weighted by Crippen LogP contribution is 2.23. The molecule has 0 bridgehead atoms. The standard InChI is InChI=1S/C10H11FO2/c1-10(13,6-7-12)8-2-4-9(11)5-3-8/h2-5,7,13H,6H2,1H3. The second-order valence-electron chi connectivity index (χ2n) is 3.15. The summed E-state index contributed by atoms with van der Waals surface area (Å²) in [6.45, 7) is 1.52. The molecule has 0 aliphatic carbocycles. The monoisotopic (exact) mass is 182 g/mol. The Morgan fingerprint density at radius 3 is 2.46 bits per heavy atom. The molecule has 13 heavy (non-hydrogen) atoms. The molecule has 3 heteroatoms. The lowest BCUT2D eigenvalue weighted by Gasteiger charge is -2.20. The molecule has 1 atom stereocenters. The summed E-state index contributed by atoms with van der Waals surface area (Å²) in [6, 6.07) is 5.46. The van der Waals surface area contributed by atoms with Crippen molar-refractivity contribution in [3.05, 3.63) is 35.6 Å². The van der Waals surface area contributed by atoms with Crippen LogP contribution in [0.25, 0.3) is 0 Å². The van der Waals surface area contributed by atoms with E-state index in [1.165, 1.54) is 31.2 Å². The Morgan fingerprint density at radius 2 is 2.00 bits per heavy atom. The van der Waals surface area contributed by atoms with Crippen LogP contribution in [0.4, 0.5) is 4.39 Å². The van der Waals surface area contributed by atoms with E-state index >= 15 is 0 Å². The van der Waals surface area contributed by atoms with Crippen LogP contribution in [0.3, 0.4) is 0 Å².